The fourth-order valence-corrected chi connectivity index (χ4v) is 3.52. The number of amides is 1. The fourth-order valence-electron chi connectivity index (χ4n) is 3.52. The number of carbonyl (C=O) groups excluding carboxylic acids is 1. The van der Waals surface area contributed by atoms with E-state index in [1.807, 2.05) is 42.5 Å². The Labute approximate surface area is 173 Å². The predicted octanol–water partition coefficient (Wildman–Crippen LogP) is 5.16. The number of hydrogen-bond acceptors (Lipinski definition) is 3. The van der Waals surface area contributed by atoms with Gasteiger partial charge in [-0.1, -0.05) is 68.4 Å². The Morgan fingerprint density at radius 3 is 2.34 bits per heavy atom. The number of fused-ring (bicyclic) bond motifs is 1. The smallest absolute Gasteiger partial charge is 0.244 e. The summed E-state index contributed by atoms with van der Waals surface area (Å²) in [5.74, 6) is -0.119. The quantitative estimate of drug-likeness (QED) is 0.407. The predicted molar refractivity (Wildman–Crippen MR) is 123 cm³/mol. The Bertz CT molecular complexity index is 952. The van der Waals surface area contributed by atoms with Gasteiger partial charge in [-0.15, -0.1) is 0 Å². The summed E-state index contributed by atoms with van der Waals surface area (Å²) < 4.78 is 0. The summed E-state index contributed by atoms with van der Waals surface area (Å²) >= 11 is 0. The van der Waals surface area contributed by atoms with E-state index in [2.05, 4.69) is 53.5 Å². The molecule has 0 aliphatic heterocycles. The van der Waals surface area contributed by atoms with Crippen LogP contribution in [-0.4, -0.2) is 25.2 Å². The fraction of sp³-hybridized carbons (Fsp3) is 0.280. The third-order valence-electron chi connectivity index (χ3n) is 4.88. The normalized spacial score (nSPS) is 11.1. The van der Waals surface area contributed by atoms with E-state index in [1.54, 1.807) is 6.21 Å². The van der Waals surface area contributed by atoms with Crippen molar-refractivity contribution in [1.82, 2.24) is 5.43 Å². The van der Waals surface area contributed by atoms with Crippen LogP contribution < -0.4 is 10.3 Å². The Morgan fingerprint density at radius 2 is 1.62 bits per heavy atom. The number of nitrogens with zero attached hydrogens (tertiary/aromatic N) is 2. The van der Waals surface area contributed by atoms with Crippen molar-refractivity contribution in [3.63, 3.8) is 0 Å². The second kappa shape index (κ2) is 10.4. The maximum Gasteiger partial charge on any atom is 0.244 e. The van der Waals surface area contributed by atoms with Crippen LogP contribution >= 0.6 is 0 Å². The molecule has 0 aliphatic carbocycles. The lowest BCUT2D eigenvalue weighted by Crippen LogP contribution is -2.24. The molecule has 1 amide bonds. The van der Waals surface area contributed by atoms with Crippen molar-refractivity contribution in [3.05, 3.63) is 77.9 Å². The Kier molecular flexibility index (Phi) is 7.40. The topological polar surface area (TPSA) is 44.7 Å². The van der Waals surface area contributed by atoms with Crippen LogP contribution in [0.15, 0.2) is 71.8 Å². The van der Waals surface area contributed by atoms with Crippen LogP contribution in [0.4, 0.5) is 5.69 Å². The minimum atomic E-state index is -0.119. The van der Waals surface area contributed by atoms with Gasteiger partial charge in [0.2, 0.25) is 5.91 Å². The highest BCUT2D eigenvalue weighted by Gasteiger charge is 2.06. The first-order valence-corrected chi connectivity index (χ1v) is 10.3. The molecule has 1 N–H and O–H groups in total. The Morgan fingerprint density at radius 1 is 0.931 bits per heavy atom. The molecule has 29 heavy (non-hydrogen) atoms. The lowest BCUT2D eigenvalue weighted by atomic mass is 10.0. The van der Waals surface area contributed by atoms with Gasteiger partial charge in [0.25, 0.3) is 0 Å². The summed E-state index contributed by atoms with van der Waals surface area (Å²) in [7, 11) is 0. The number of anilines is 1. The second-order valence-electron chi connectivity index (χ2n) is 7.19. The van der Waals surface area contributed by atoms with Crippen LogP contribution in [0.5, 0.6) is 0 Å². The molecule has 0 unspecified atom stereocenters. The lowest BCUT2D eigenvalue weighted by Gasteiger charge is -2.23. The summed E-state index contributed by atoms with van der Waals surface area (Å²) in [5, 5.41) is 6.37. The number of hydrogen-bond donors (Lipinski definition) is 1. The van der Waals surface area contributed by atoms with E-state index in [0.717, 1.165) is 47.8 Å². The van der Waals surface area contributed by atoms with Crippen molar-refractivity contribution in [2.24, 2.45) is 5.10 Å². The standard InChI is InChI=1S/C25H29N3O/c1-3-16-28(17-4-2)23-14-12-20(13-15-23)19-26-27-25(29)18-22-10-7-9-21-8-5-6-11-24(21)22/h5-15,19H,3-4,16-18H2,1-2H3,(H,27,29). The van der Waals surface area contributed by atoms with Crippen LogP contribution in [-0.2, 0) is 11.2 Å². The minimum absolute atomic E-state index is 0.119. The van der Waals surface area contributed by atoms with E-state index < -0.39 is 0 Å². The zero-order valence-corrected chi connectivity index (χ0v) is 17.3. The van der Waals surface area contributed by atoms with Gasteiger partial charge in [-0.2, -0.15) is 5.10 Å². The van der Waals surface area contributed by atoms with E-state index in [4.69, 9.17) is 0 Å². The maximum absolute atomic E-state index is 12.3. The third-order valence-corrected chi connectivity index (χ3v) is 4.88. The third kappa shape index (κ3) is 5.67. The van der Waals surface area contributed by atoms with E-state index in [1.165, 1.54) is 5.69 Å². The monoisotopic (exact) mass is 387 g/mol. The maximum atomic E-state index is 12.3. The number of carbonyl (C=O) groups is 1. The number of hydrazone groups is 1. The highest BCUT2D eigenvalue weighted by Crippen LogP contribution is 2.19. The van der Waals surface area contributed by atoms with Gasteiger partial charge in [0, 0.05) is 18.8 Å². The molecule has 0 spiro atoms. The molecule has 0 aromatic heterocycles. The summed E-state index contributed by atoms with van der Waals surface area (Å²) in [6.07, 6.45) is 4.26. The molecule has 0 bridgehead atoms. The van der Waals surface area contributed by atoms with Gasteiger partial charge in [-0.3, -0.25) is 4.79 Å². The summed E-state index contributed by atoms with van der Waals surface area (Å²) in [5.41, 5.74) is 5.84. The highest BCUT2D eigenvalue weighted by molar-refractivity contribution is 5.90. The van der Waals surface area contributed by atoms with Crippen molar-refractivity contribution in [3.8, 4) is 0 Å². The zero-order chi connectivity index (χ0) is 20.5. The van der Waals surface area contributed by atoms with Gasteiger partial charge in [0.1, 0.15) is 0 Å². The van der Waals surface area contributed by atoms with Crippen molar-refractivity contribution in [1.29, 1.82) is 0 Å². The van der Waals surface area contributed by atoms with Crippen molar-refractivity contribution in [2.75, 3.05) is 18.0 Å². The molecular formula is C25H29N3O. The first-order chi connectivity index (χ1) is 14.2. The van der Waals surface area contributed by atoms with Gasteiger partial charge in [-0.25, -0.2) is 5.43 Å². The lowest BCUT2D eigenvalue weighted by molar-refractivity contribution is -0.120. The number of benzene rings is 3. The molecule has 0 saturated carbocycles. The Hall–Kier alpha value is -3.14. The molecule has 0 atom stereocenters. The largest absolute Gasteiger partial charge is 0.372 e. The summed E-state index contributed by atoms with van der Waals surface area (Å²) in [6.45, 7) is 6.52. The number of rotatable bonds is 9. The molecule has 4 heteroatoms. The van der Waals surface area contributed by atoms with E-state index in [9.17, 15) is 4.79 Å². The van der Waals surface area contributed by atoms with Gasteiger partial charge in [-0.05, 0) is 46.9 Å². The minimum Gasteiger partial charge on any atom is -0.372 e. The highest BCUT2D eigenvalue weighted by atomic mass is 16.2. The molecule has 0 saturated heterocycles. The molecule has 3 aromatic carbocycles. The van der Waals surface area contributed by atoms with Gasteiger partial charge in [0.15, 0.2) is 0 Å². The van der Waals surface area contributed by atoms with E-state index in [-0.39, 0.29) is 5.91 Å². The van der Waals surface area contributed by atoms with Gasteiger partial charge >= 0.3 is 0 Å². The molecule has 0 heterocycles. The van der Waals surface area contributed by atoms with Crippen LogP contribution in [0, 0.1) is 0 Å². The molecule has 4 nitrogen and oxygen atoms in total. The van der Waals surface area contributed by atoms with Crippen molar-refractivity contribution >= 4 is 28.6 Å². The molecule has 3 aromatic rings. The van der Waals surface area contributed by atoms with Crippen LogP contribution in [0.1, 0.15) is 37.8 Å². The van der Waals surface area contributed by atoms with Gasteiger partial charge in [0.05, 0.1) is 12.6 Å². The Balaban J connectivity index is 1.58. The molecule has 0 fully saturated rings. The van der Waals surface area contributed by atoms with Crippen molar-refractivity contribution < 1.29 is 4.79 Å². The van der Waals surface area contributed by atoms with Gasteiger partial charge < -0.3 is 4.90 Å². The first-order valence-electron chi connectivity index (χ1n) is 10.3. The van der Waals surface area contributed by atoms with E-state index in [0.29, 0.717) is 6.42 Å². The number of nitrogens with one attached hydrogen (secondary N) is 1. The van der Waals surface area contributed by atoms with Crippen LogP contribution in [0.3, 0.4) is 0 Å². The van der Waals surface area contributed by atoms with E-state index >= 15 is 0 Å². The average molecular weight is 388 g/mol. The SMILES string of the molecule is CCCN(CCC)c1ccc(C=NNC(=O)Cc2cccc3ccccc23)cc1. The van der Waals surface area contributed by atoms with Crippen molar-refractivity contribution in [2.45, 2.75) is 33.1 Å². The molecular weight excluding hydrogens is 358 g/mol. The zero-order valence-electron chi connectivity index (χ0n) is 17.3. The second-order valence-corrected chi connectivity index (χ2v) is 7.19. The molecule has 0 aliphatic rings. The first kappa shape index (κ1) is 20.6. The van der Waals surface area contributed by atoms with Crippen LogP contribution in [0.2, 0.25) is 0 Å². The summed E-state index contributed by atoms with van der Waals surface area (Å²) in [4.78, 5) is 14.7. The van der Waals surface area contributed by atoms with Crippen LogP contribution in [0.25, 0.3) is 10.8 Å². The molecule has 150 valence electrons. The molecule has 0 radical (unpaired) electrons. The summed E-state index contributed by atoms with van der Waals surface area (Å²) in [6, 6.07) is 22.4. The average Bonchev–Trinajstić information content (AvgIpc) is 2.74. The molecule has 3 rings (SSSR count).